The average molecular weight is 236 g/mol. The van der Waals surface area contributed by atoms with Crippen LogP contribution in [0.2, 0.25) is 0 Å². The van der Waals surface area contributed by atoms with Crippen molar-refractivity contribution in [3.63, 3.8) is 0 Å². The monoisotopic (exact) mass is 236 g/mol. The fourth-order valence-corrected chi connectivity index (χ4v) is 2.01. The molecule has 6 nitrogen and oxygen atoms in total. The first-order chi connectivity index (χ1) is 8.13. The Labute approximate surface area is 99.6 Å². The first-order valence-electron chi connectivity index (χ1n) is 5.67. The van der Waals surface area contributed by atoms with Gasteiger partial charge in [0.2, 0.25) is 0 Å². The van der Waals surface area contributed by atoms with Gasteiger partial charge in [-0.05, 0) is 24.8 Å². The van der Waals surface area contributed by atoms with Gasteiger partial charge in [0.15, 0.2) is 0 Å². The largest absolute Gasteiger partial charge is 0.355 e. The molecule has 1 heterocycles. The van der Waals surface area contributed by atoms with Crippen LogP contribution in [0, 0.1) is 16.0 Å². The van der Waals surface area contributed by atoms with Crippen LogP contribution in [0.4, 0.5) is 11.5 Å². The number of hydrogen-bond donors (Lipinski definition) is 1. The minimum atomic E-state index is -0.446. The van der Waals surface area contributed by atoms with Gasteiger partial charge in [0.05, 0.1) is 4.92 Å². The highest BCUT2D eigenvalue weighted by Crippen LogP contribution is 2.35. The van der Waals surface area contributed by atoms with Crippen LogP contribution in [-0.2, 0) is 0 Å². The zero-order valence-electron chi connectivity index (χ0n) is 9.74. The van der Waals surface area contributed by atoms with Crippen molar-refractivity contribution >= 4 is 11.5 Å². The molecule has 1 unspecified atom stereocenters. The number of rotatable bonds is 5. The maximum Gasteiger partial charge on any atom is 0.287 e. The van der Waals surface area contributed by atoms with E-state index < -0.39 is 4.92 Å². The molecule has 1 atom stereocenters. The molecule has 1 aliphatic carbocycles. The van der Waals surface area contributed by atoms with Crippen molar-refractivity contribution in [1.82, 2.24) is 4.98 Å². The number of nitrogens with two attached hydrogens (primary N) is 1. The molecular formula is C11H16N4O2. The van der Waals surface area contributed by atoms with Crippen molar-refractivity contribution in [1.29, 1.82) is 0 Å². The Hall–Kier alpha value is -1.69. The van der Waals surface area contributed by atoms with Gasteiger partial charge < -0.3 is 10.6 Å². The molecule has 0 bridgehead atoms. The van der Waals surface area contributed by atoms with E-state index in [2.05, 4.69) is 4.98 Å². The van der Waals surface area contributed by atoms with Crippen molar-refractivity contribution in [3.05, 3.63) is 28.4 Å². The van der Waals surface area contributed by atoms with E-state index in [4.69, 9.17) is 5.73 Å². The summed E-state index contributed by atoms with van der Waals surface area (Å²) >= 11 is 0. The normalized spacial score (nSPS) is 16.6. The second kappa shape index (κ2) is 4.67. The standard InChI is InChI=1S/C11H16N4O2/c1-14(10(6-12)8-2-3-8)11-5-4-9(7-13-11)15(16)17/h4-5,7-8,10H,2-3,6,12H2,1H3. The van der Waals surface area contributed by atoms with Crippen LogP contribution >= 0.6 is 0 Å². The Kier molecular flexibility index (Phi) is 3.23. The molecule has 92 valence electrons. The summed E-state index contributed by atoms with van der Waals surface area (Å²) < 4.78 is 0. The number of nitrogens with zero attached hydrogens (tertiary/aromatic N) is 3. The molecule has 6 heteroatoms. The van der Waals surface area contributed by atoms with E-state index in [1.165, 1.54) is 25.1 Å². The molecule has 1 saturated carbocycles. The molecular weight excluding hydrogens is 220 g/mol. The van der Waals surface area contributed by atoms with Crippen LogP contribution in [0.15, 0.2) is 18.3 Å². The highest BCUT2D eigenvalue weighted by atomic mass is 16.6. The Morgan fingerprint density at radius 3 is 2.76 bits per heavy atom. The van der Waals surface area contributed by atoms with E-state index in [1.807, 2.05) is 11.9 Å². The molecule has 0 aliphatic heterocycles. The molecule has 17 heavy (non-hydrogen) atoms. The molecule has 0 aromatic carbocycles. The van der Waals surface area contributed by atoms with Gasteiger partial charge in [-0.25, -0.2) is 4.98 Å². The summed E-state index contributed by atoms with van der Waals surface area (Å²) in [5.41, 5.74) is 5.76. The Morgan fingerprint density at radius 2 is 2.35 bits per heavy atom. The fraction of sp³-hybridized carbons (Fsp3) is 0.545. The maximum absolute atomic E-state index is 10.5. The lowest BCUT2D eigenvalue weighted by atomic mass is 10.1. The summed E-state index contributed by atoms with van der Waals surface area (Å²) in [5.74, 6) is 1.37. The quantitative estimate of drug-likeness (QED) is 0.612. The molecule has 0 saturated heterocycles. The zero-order chi connectivity index (χ0) is 12.4. The third kappa shape index (κ3) is 2.52. The lowest BCUT2D eigenvalue weighted by Gasteiger charge is -2.27. The summed E-state index contributed by atoms with van der Waals surface area (Å²) in [6.07, 6.45) is 3.70. The molecule has 1 aliphatic rings. The van der Waals surface area contributed by atoms with E-state index >= 15 is 0 Å². The van der Waals surface area contributed by atoms with Crippen molar-refractivity contribution in [2.45, 2.75) is 18.9 Å². The number of likely N-dealkylation sites (N-methyl/N-ethyl adjacent to an activating group) is 1. The van der Waals surface area contributed by atoms with Crippen molar-refractivity contribution in [3.8, 4) is 0 Å². The van der Waals surface area contributed by atoms with E-state index in [-0.39, 0.29) is 11.7 Å². The number of hydrogen-bond acceptors (Lipinski definition) is 5. The molecule has 1 aromatic heterocycles. The summed E-state index contributed by atoms with van der Waals surface area (Å²) in [6.45, 7) is 0.583. The lowest BCUT2D eigenvalue weighted by Crippen LogP contribution is -2.40. The Morgan fingerprint density at radius 1 is 1.65 bits per heavy atom. The molecule has 1 aromatic rings. The Balaban J connectivity index is 2.12. The number of pyridine rings is 1. The summed E-state index contributed by atoms with van der Waals surface area (Å²) in [5, 5.41) is 10.5. The molecule has 2 rings (SSSR count). The summed E-state index contributed by atoms with van der Waals surface area (Å²) in [4.78, 5) is 16.2. The number of anilines is 1. The van der Waals surface area contributed by atoms with E-state index in [0.29, 0.717) is 12.5 Å². The van der Waals surface area contributed by atoms with Crippen LogP contribution in [0.3, 0.4) is 0 Å². The fourth-order valence-electron chi connectivity index (χ4n) is 2.01. The van der Waals surface area contributed by atoms with Gasteiger partial charge in [0.25, 0.3) is 5.69 Å². The highest BCUT2D eigenvalue weighted by molar-refractivity contribution is 5.43. The molecule has 0 spiro atoms. The average Bonchev–Trinajstić information content (AvgIpc) is 3.14. The molecule has 1 fully saturated rings. The third-order valence-corrected chi connectivity index (χ3v) is 3.21. The van der Waals surface area contributed by atoms with E-state index in [9.17, 15) is 10.1 Å². The van der Waals surface area contributed by atoms with Crippen LogP contribution in [0.1, 0.15) is 12.8 Å². The van der Waals surface area contributed by atoms with E-state index in [0.717, 1.165) is 5.82 Å². The van der Waals surface area contributed by atoms with Gasteiger partial charge in [-0.3, -0.25) is 10.1 Å². The highest BCUT2D eigenvalue weighted by Gasteiger charge is 2.33. The van der Waals surface area contributed by atoms with Gasteiger partial charge in [-0.2, -0.15) is 0 Å². The second-order valence-corrected chi connectivity index (χ2v) is 4.38. The number of nitro groups is 1. The number of aromatic nitrogens is 1. The molecule has 0 amide bonds. The minimum Gasteiger partial charge on any atom is -0.355 e. The van der Waals surface area contributed by atoms with Crippen LogP contribution in [-0.4, -0.2) is 29.5 Å². The van der Waals surface area contributed by atoms with Crippen LogP contribution in [0.25, 0.3) is 0 Å². The van der Waals surface area contributed by atoms with Crippen LogP contribution < -0.4 is 10.6 Å². The second-order valence-electron chi connectivity index (χ2n) is 4.38. The third-order valence-electron chi connectivity index (χ3n) is 3.21. The van der Waals surface area contributed by atoms with Crippen LogP contribution in [0.5, 0.6) is 0 Å². The van der Waals surface area contributed by atoms with Gasteiger partial charge in [0, 0.05) is 25.7 Å². The predicted molar refractivity (Wildman–Crippen MR) is 64.9 cm³/mol. The SMILES string of the molecule is CN(c1ccc([N+](=O)[O-])cn1)C(CN)C1CC1. The van der Waals surface area contributed by atoms with Gasteiger partial charge in [0.1, 0.15) is 12.0 Å². The van der Waals surface area contributed by atoms with Gasteiger partial charge in [-0.15, -0.1) is 0 Å². The topological polar surface area (TPSA) is 85.3 Å². The maximum atomic E-state index is 10.5. The van der Waals surface area contributed by atoms with Gasteiger partial charge >= 0.3 is 0 Å². The molecule has 2 N–H and O–H groups in total. The Bertz CT molecular complexity index is 402. The minimum absolute atomic E-state index is 0.0119. The van der Waals surface area contributed by atoms with Crippen molar-refractivity contribution < 1.29 is 4.92 Å². The van der Waals surface area contributed by atoms with Gasteiger partial charge in [-0.1, -0.05) is 0 Å². The smallest absolute Gasteiger partial charge is 0.287 e. The molecule has 0 radical (unpaired) electrons. The predicted octanol–water partition coefficient (Wildman–Crippen LogP) is 1.16. The van der Waals surface area contributed by atoms with Crippen molar-refractivity contribution in [2.24, 2.45) is 11.7 Å². The zero-order valence-corrected chi connectivity index (χ0v) is 9.74. The lowest BCUT2D eigenvalue weighted by molar-refractivity contribution is -0.385. The first kappa shape index (κ1) is 11.8. The summed E-state index contributed by atoms with van der Waals surface area (Å²) in [7, 11) is 1.93. The summed E-state index contributed by atoms with van der Waals surface area (Å²) in [6, 6.07) is 3.42. The van der Waals surface area contributed by atoms with E-state index in [1.54, 1.807) is 6.07 Å². The van der Waals surface area contributed by atoms with Crippen molar-refractivity contribution in [2.75, 3.05) is 18.5 Å². The first-order valence-corrected chi connectivity index (χ1v) is 5.67.